The molecule has 3 atom stereocenters. The van der Waals surface area contributed by atoms with Crippen molar-refractivity contribution in [1.82, 2.24) is 14.8 Å². The van der Waals surface area contributed by atoms with Crippen molar-refractivity contribution in [2.45, 2.75) is 38.1 Å². The second kappa shape index (κ2) is 3.78. The Kier molecular flexibility index (Phi) is 2.43. The first-order valence-electron chi connectivity index (χ1n) is 5.79. The van der Waals surface area contributed by atoms with Crippen molar-refractivity contribution in [2.24, 2.45) is 17.8 Å². The minimum Gasteiger partial charge on any atom is -0.316 e. The van der Waals surface area contributed by atoms with Gasteiger partial charge < -0.3 is 4.57 Å². The third-order valence-corrected chi connectivity index (χ3v) is 4.37. The van der Waals surface area contributed by atoms with Crippen LogP contribution in [0.1, 0.15) is 31.5 Å². The van der Waals surface area contributed by atoms with Crippen LogP contribution >= 0.6 is 11.6 Å². The average molecular weight is 226 g/mol. The van der Waals surface area contributed by atoms with Gasteiger partial charge in [0.05, 0.1) is 5.88 Å². The molecule has 2 bridgehead atoms. The van der Waals surface area contributed by atoms with Crippen molar-refractivity contribution < 1.29 is 0 Å². The van der Waals surface area contributed by atoms with E-state index in [9.17, 15) is 0 Å². The Morgan fingerprint density at radius 3 is 3.00 bits per heavy atom. The molecule has 0 spiro atoms. The zero-order valence-electron chi connectivity index (χ0n) is 8.77. The number of hydrogen-bond donors (Lipinski definition) is 0. The average Bonchev–Trinajstić information content (AvgIpc) is 2.92. The SMILES string of the molecule is ClCc1nncn1CC1CC2CCC1C2. The molecule has 1 aromatic heterocycles. The lowest BCUT2D eigenvalue weighted by molar-refractivity contribution is 0.293. The minimum absolute atomic E-state index is 0.473. The molecule has 0 N–H and O–H groups in total. The molecule has 2 saturated carbocycles. The topological polar surface area (TPSA) is 30.7 Å². The van der Waals surface area contributed by atoms with Crippen LogP contribution in [0, 0.1) is 17.8 Å². The Morgan fingerprint density at radius 1 is 1.40 bits per heavy atom. The molecule has 0 aliphatic heterocycles. The van der Waals surface area contributed by atoms with Gasteiger partial charge in [0.1, 0.15) is 12.2 Å². The molecule has 2 fully saturated rings. The van der Waals surface area contributed by atoms with Crippen molar-refractivity contribution in [1.29, 1.82) is 0 Å². The van der Waals surface area contributed by atoms with Crippen LogP contribution in [0.3, 0.4) is 0 Å². The zero-order valence-corrected chi connectivity index (χ0v) is 9.53. The Bertz CT molecular complexity index is 349. The van der Waals surface area contributed by atoms with Crippen LogP contribution in [-0.4, -0.2) is 14.8 Å². The zero-order chi connectivity index (χ0) is 10.3. The molecule has 2 aliphatic carbocycles. The molecule has 15 heavy (non-hydrogen) atoms. The lowest BCUT2D eigenvalue weighted by Gasteiger charge is -2.22. The largest absolute Gasteiger partial charge is 0.316 e. The fourth-order valence-corrected chi connectivity index (χ4v) is 3.59. The highest BCUT2D eigenvalue weighted by atomic mass is 35.5. The molecule has 3 rings (SSSR count). The van der Waals surface area contributed by atoms with Crippen LogP contribution in [0.15, 0.2) is 6.33 Å². The van der Waals surface area contributed by atoms with E-state index in [1.165, 1.54) is 25.7 Å². The van der Waals surface area contributed by atoms with Gasteiger partial charge in [-0.1, -0.05) is 6.42 Å². The molecule has 2 aliphatic rings. The van der Waals surface area contributed by atoms with Gasteiger partial charge in [-0.05, 0) is 37.0 Å². The fraction of sp³-hybridized carbons (Fsp3) is 0.818. The van der Waals surface area contributed by atoms with Crippen LogP contribution in [0.4, 0.5) is 0 Å². The first-order valence-corrected chi connectivity index (χ1v) is 6.33. The number of halogens is 1. The predicted molar refractivity (Wildman–Crippen MR) is 58.5 cm³/mol. The summed E-state index contributed by atoms with van der Waals surface area (Å²) in [6.45, 7) is 1.08. The van der Waals surface area contributed by atoms with Gasteiger partial charge in [-0.2, -0.15) is 0 Å². The van der Waals surface area contributed by atoms with Gasteiger partial charge >= 0.3 is 0 Å². The molecular formula is C11H16ClN3. The predicted octanol–water partition coefficient (Wildman–Crippen LogP) is 2.45. The van der Waals surface area contributed by atoms with E-state index in [1.807, 2.05) is 6.33 Å². The molecule has 82 valence electrons. The second-order valence-electron chi connectivity index (χ2n) is 4.97. The summed E-state index contributed by atoms with van der Waals surface area (Å²) < 4.78 is 2.14. The minimum atomic E-state index is 0.473. The quantitative estimate of drug-likeness (QED) is 0.740. The maximum Gasteiger partial charge on any atom is 0.147 e. The molecule has 1 heterocycles. The van der Waals surface area contributed by atoms with Crippen molar-refractivity contribution >= 4 is 11.6 Å². The van der Waals surface area contributed by atoms with Gasteiger partial charge in [0.15, 0.2) is 0 Å². The van der Waals surface area contributed by atoms with E-state index in [0.29, 0.717) is 5.88 Å². The van der Waals surface area contributed by atoms with E-state index in [0.717, 1.165) is 30.1 Å². The summed E-state index contributed by atoms with van der Waals surface area (Å²) in [5.41, 5.74) is 0. The van der Waals surface area contributed by atoms with Gasteiger partial charge in [0.25, 0.3) is 0 Å². The van der Waals surface area contributed by atoms with E-state index in [2.05, 4.69) is 14.8 Å². The number of alkyl halides is 1. The molecule has 4 heteroatoms. The Morgan fingerprint density at radius 2 is 2.33 bits per heavy atom. The third kappa shape index (κ3) is 1.67. The number of rotatable bonds is 3. The van der Waals surface area contributed by atoms with E-state index in [-0.39, 0.29) is 0 Å². The molecule has 3 unspecified atom stereocenters. The van der Waals surface area contributed by atoms with Crippen LogP contribution in [0.2, 0.25) is 0 Å². The number of fused-ring (bicyclic) bond motifs is 2. The maximum atomic E-state index is 5.81. The fourth-order valence-electron chi connectivity index (χ4n) is 3.39. The Balaban J connectivity index is 1.70. The maximum absolute atomic E-state index is 5.81. The smallest absolute Gasteiger partial charge is 0.147 e. The molecule has 0 amide bonds. The highest BCUT2D eigenvalue weighted by Gasteiger charge is 2.39. The number of hydrogen-bond acceptors (Lipinski definition) is 2. The lowest BCUT2D eigenvalue weighted by atomic mass is 9.89. The van der Waals surface area contributed by atoms with Crippen LogP contribution in [0.5, 0.6) is 0 Å². The molecule has 0 aromatic carbocycles. The van der Waals surface area contributed by atoms with Crippen LogP contribution in [-0.2, 0) is 12.4 Å². The summed E-state index contributed by atoms with van der Waals surface area (Å²) in [4.78, 5) is 0. The number of nitrogens with zero attached hydrogens (tertiary/aromatic N) is 3. The van der Waals surface area contributed by atoms with E-state index < -0.39 is 0 Å². The van der Waals surface area contributed by atoms with Crippen molar-refractivity contribution in [3.8, 4) is 0 Å². The summed E-state index contributed by atoms with van der Waals surface area (Å²) in [6, 6.07) is 0. The summed E-state index contributed by atoms with van der Waals surface area (Å²) in [5.74, 6) is 4.21. The summed E-state index contributed by atoms with van der Waals surface area (Å²) in [7, 11) is 0. The van der Waals surface area contributed by atoms with Crippen molar-refractivity contribution in [3.63, 3.8) is 0 Å². The van der Waals surface area contributed by atoms with E-state index >= 15 is 0 Å². The van der Waals surface area contributed by atoms with Crippen molar-refractivity contribution in [3.05, 3.63) is 12.2 Å². The van der Waals surface area contributed by atoms with Gasteiger partial charge in [0.2, 0.25) is 0 Å². The molecule has 0 saturated heterocycles. The molecule has 0 radical (unpaired) electrons. The normalized spacial score (nSPS) is 33.8. The Hall–Kier alpha value is -0.570. The first kappa shape index (κ1) is 9.64. The van der Waals surface area contributed by atoms with Gasteiger partial charge in [-0.15, -0.1) is 21.8 Å². The van der Waals surface area contributed by atoms with Gasteiger partial charge in [-0.3, -0.25) is 0 Å². The van der Waals surface area contributed by atoms with E-state index in [4.69, 9.17) is 11.6 Å². The second-order valence-corrected chi connectivity index (χ2v) is 5.24. The van der Waals surface area contributed by atoms with Crippen LogP contribution < -0.4 is 0 Å². The van der Waals surface area contributed by atoms with Crippen LogP contribution in [0.25, 0.3) is 0 Å². The summed E-state index contributed by atoms with van der Waals surface area (Å²) in [5, 5.41) is 7.95. The monoisotopic (exact) mass is 225 g/mol. The summed E-state index contributed by atoms with van der Waals surface area (Å²) in [6.07, 6.45) is 7.59. The third-order valence-electron chi connectivity index (χ3n) is 4.13. The Labute approximate surface area is 94.8 Å². The highest BCUT2D eigenvalue weighted by Crippen LogP contribution is 2.48. The van der Waals surface area contributed by atoms with Gasteiger partial charge in [0, 0.05) is 6.54 Å². The molecule has 1 aromatic rings. The van der Waals surface area contributed by atoms with Crippen molar-refractivity contribution in [2.75, 3.05) is 0 Å². The highest BCUT2D eigenvalue weighted by molar-refractivity contribution is 6.16. The standard InChI is InChI=1S/C11H16ClN3/c12-5-11-14-13-7-15(11)6-10-4-8-1-2-9(10)3-8/h7-10H,1-6H2. The number of aromatic nitrogens is 3. The van der Waals surface area contributed by atoms with E-state index in [1.54, 1.807) is 0 Å². The summed E-state index contributed by atoms with van der Waals surface area (Å²) >= 11 is 5.81. The molecule has 3 nitrogen and oxygen atoms in total. The van der Waals surface area contributed by atoms with Gasteiger partial charge in [-0.25, -0.2) is 0 Å². The lowest BCUT2D eigenvalue weighted by Crippen LogP contribution is -2.18. The first-order chi connectivity index (χ1) is 7.36. The molecular weight excluding hydrogens is 210 g/mol.